The van der Waals surface area contributed by atoms with Crippen molar-refractivity contribution >= 4 is 5.96 Å². The van der Waals surface area contributed by atoms with Crippen LogP contribution >= 0.6 is 0 Å². The predicted molar refractivity (Wildman–Crippen MR) is 99.5 cm³/mol. The van der Waals surface area contributed by atoms with Crippen molar-refractivity contribution in [3.63, 3.8) is 0 Å². The lowest BCUT2D eigenvalue weighted by Crippen LogP contribution is -2.39. The standard InChI is InChI=1S/C18H28N6O/c1-3-17-23-22-15-24(17)12-10-20-18(19-4-2)21-11-13-25-14-16-8-6-5-7-9-16/h5-9,15H,3-4,10-14H2,1-2H3,(H2,19,20,21). The highest BCUT2D eigenvalue weighted by Gasteiger charge is 2.02. The molecule has 0 radical (unpaired) electrons. The highest BCUT2D eigenvalue weighted by atomic mass is 16.5. The first-order valence-corrected chi connectivity index (χ1v) is 8.84. The van der Waals surface area contributed by atoms with Gasteiger partial charge in [-0.05, 0) is 12.5 Å². The molecule has 7 nitrogen and oxygen atoms in total. The number of nitrogens with zero attached hydrogens (tertiary/aromatic N) is 4. The van der Waals surface area contributed by atoms with Gasteiger partial charge in [0.2, 0.25) is 0 Å². The number of aromatic nitrogens is 3. The minimum Gasteiger partial charge on any atom is -0.375 e. The van der Waals surface area contributed by atoms with E-state index in [0.29, 0.717) is 19.8 Å². The minimum absolute atomic E-state index is 0.594. The molecule has 0 spiro atoms. The summed E-state index contributed by atoms with van der Waals surface area (Å²) in [6, 6.07) is 10.2. The molecule has 0 saturated heterocycles. The number of rotatable bonds is 10. The maximum atomic E-state index is 5.66. The molecular weight excluding hydrogens is 316 g/mol. The van der Waals surface area contributed by atoms with Crippen LogP contribution in [0.25, 0.3) is 0 Å². The number of aryl methyl sites for hydroxylation is 1. The van der Waals surface area contributed by atoms with Crippen molar-refractivity contribution in [2.45, 2.75) is 33.4 Å². The van der Waals surface area contributed by atoms with Crippen molar-refractivity contribution in [3.05, 3.63) is 48.0 Å². The molecule has 0 saturated carbocycles. The van der Waals surface area contributed by atoms with Crippen LogP contribution in [0, 0.1) is 0 Å². The van der Waals surface area contributed by atoms with Crippen LogP contribution in [0.5, 0.6) is 0 Å². The summed E-state index contributed by atoms with van der Waals surface area (Å²) in [6.45, 7) is 8.36. The highest BCUT2D eigenvalue weighted by Crippen LogP contribution is 2.00. The van der Waals surface area contributed by atoms with Crippen LogP contribution in [0.15, 0.2) is 41.7 Å². The normalized spacial score (nSPS) is 11.5. The van der Waals surface area contributed by atoms with Crippen LogP contribution in [0.3, 0.4) is 0 Å². The van der Waals surface area contributed by atoms with Gasteiger partial charge in [-0.25, -0.2) is 0 Å². The largest absolute Gasteiger partial charge is 0.375 e. The Morgan fingerprint density at radius 2 is 2.04 bits per heavy atom. The van der Waals surface area contributed by atoms with E-state index in [2.05, 4.69) is 56.4 Å². The summed E-state index contributed by atoms with van der Waals surface area (Å²) in [5.74, 6) is 1.80. The number of guanidine groups is 1. The van der Waals surface area contributed by atoms with Gasteiger partial charge in [0.05, 0.1) is 19.8 Å². The SMILES string of the molecule is CCNC(=NCCOCc1ccccc1)NCCn1cnnc1CC. The Balaban J connectivity index is 1.68. The number of benzene rings is 1. The van der Waals surface area contributed by atoms with Gasteiger partial charge in [-0.3, -0.25) is 4.99 Å². The smallest absolute Gasteiger partial charge is 0.191 e. The van der Waals surface area contributed by atoms with Crippen molar-refractivity contribution in [1.82, 2.24) is 25.4 Å². The summed E-state index contributed by atoms with van der Waals surface area (Å²) >= 11 is 0. The Labute approximate surface area is 149 Å². The average molecular weight is 344 g/mol. The first kappa shape index (κ1) is 18.9. The topological polar surface area (TPSA) is 76.4 Å². The van der Waals surface area contributed by atoms with Gasteiger partial charge in [-0.2, -0.15) is 0 Å². The monoisotopic (exact) mass is 344 g/mol. The molecule has 0 bridgehead atoms. The molecule has 0 aliphatic carbocycles. The Morgan fingerprint density at radius 1 is 1.20 bits per heavy atom. The van der Waals surface area contributed by atoms with E-state index in [0.717, 1.165) is 37.8 Å². The van der Waals surface area contributed by atoms with Crippen molar-refractivity contribution in [1.29, 1.82) is 0 Å². The molecular formula is C18H28N6O. The second-order valence-corrected chi connectivity index (χ2v) is 5.52. The summed E-state index contributed by atoms with van der Waals surface area (Å²) < 4.78 is 7.71. The number of nitrogens with one attached hydrogen (secondary N) is 2. The summed E-state index contributed by atoms with van der Waals surface area (Å²) in [4.78, 5) is 4.53. The molecule has 1 heterocycles. The molecule has 2 rings (SSSR count). The Morgan fingerprint density at radius 3 is 2.80 bits per heavy atom. The molecule has 7 heteroatoms. The number of hydrogen-bond donors (Lipinski definition) is 2. The van der Waals surface area contributed by atoms with Gasteiger partial charge < -0.3 is 19.9 Å². The lowest BCUT2D eigenvalue weighted by molar-refractivity contribution is 0.128. The molecule has 136 valence electrons. The van der Waals surface area contributed by atoms with Gasteiger partial charge in [-0.15, -0.1) is 10.2 Å². The van der Waals surface area contributed by atoms with Crippen LogP contribution < -0.4 is 10.6 Å². The molecule has 2 N–H and O–H groups in total. The van der Waals surface area contributed by atoms with Crippen molar-refractivity contribution in [3.8, 4) is 0 Å². The average Bonchev–Trinajstić information content (AvgIpc) is 3.10. The Kier molecular flexibility index (Phi) is 8.48. The number of aliphatic imine (C=N–C) groups is 1. The van der Waals surface area contributed by atoms with Crippen LogP contribution in [0.2, 0.25) is 0 Å². The van der Waals surface area contributed by atoms with E-state index >= 15 is 0 Å². The molecule has 2 aromatic rings. The number of hydrogen-bond acceptors (Lipinski definition) is 4. The fourth-order valence-corrected chi connectivity index (χ4v) is 2.36. The molecule has 0 fully saturated rings. The van der Waals surface area contributed by atoms with Gasteiger partial charge in [0.15, 0.2) is 5.96 Å². The summed E-state index contributed by atoms with van der Waals surface area (Å²) in [7, 11) is 0. The van der Waals surface area contributed by atoms with E-state index in [1.165, 1.54) is 5.56 Å². The maximum absolute atomic E-state index is 5.66. The zero-order valence-electron chi connectivity index (χ0n) is 15.1. The molecule has 0 aliphatic heterocycles. The van der Waals surface area contributed by atoms with Crippen molar-refractivity contribution in [2.24, 2.45) is 4.99 Å². The van der Waals surface area contributed by atoms with Gasteiger partial charge in [0.25, 0.3) is 0 Å². The second kappa shape index (κ2) is 11.2. The fourth-order valence-electron chi connectivity index (χ4n) is 2.36. The van der Waals surface area contributed by atoms with Crippen molar-refractivity contribution in [2.75, 3.05) is 26.2 Å². The molecule has 25 heavy (non-hydrogen) atoms. The Hall–Kier alpha value is -2.41. The van der Waals surface area contributed by atoms with Gasteiger partial charge in [-0.1, -0.05) is 37.3 Å². The second-order valence-electron chi connectivity index (χ2n) is 5.52. The van der Waals surface area contributed by atoms with E-state index in [-0.39, 0.29) is 0 Å². The third kappa shape index (κ3) is 6.93. The van der Waals surface area contributed by atoms with Gasteiger partial charge >= 0.3 is 0 Å². The van der Waals surface area contributed by atoms with Gasteiger partial charge in [0, 0.05) is 26.1 Å². The maximum Gasteiger partial charge on any atom is 0.191 e. The summed E-state index contributed by atoms with van der Waals surface area (Å²) in [5.41, 5.74) is 1.18. The molecule has 0 aliphatic rings. The summed E-state index contributed by atoms with van der Waals surface area (Å²) in [5, 5.41) is 14.6. The molecule has 0 atom stereocenters. The van der Waals surface area contributed by atoms with E-state index < -0.39 is 0 Å². The van der Waals surface area contributed by atoms with E-state index in [9.17, 15) is 0 Å². The highest BCUT2D eigenvalue weighted by molar-refractivity contribution is 5.79. The lowest BCUT2D eigenvalue weighted by Gasteiger charge is -2.12. The van der Waals surface area contributed by atoms with Crippen LogP contribution in [0.1, 0.15) is 25.2 Å². The van der Waals surface area contributed by atoms with E-state index in [4.69, 9.17) is 4.74 Å². The first-order valence-electron chi connectivity index (χ1n) is 8.84. The van der Waals surface area contributed by atoms with E-state index in [1.807, 2.05) is 18.2 Å². The summed E-state index contributed by atoms with van der Waals surface area (Å²) in [6.07, 6.45) is 2.65. The molecule has 0 unspecified atom stereocenters. The van der Waals surface area contributed by atoms with E-state index in [1.54, 1.807) is 6.33 Å². The third-order valence-electron chi connectivity index (χ3n) is 3.62. The zero-order chi connectivity index (χ0) is 17.7. The van der Waals surface area contributed by atoms with Crippen LogP contribution in [-0.2, 0) is 24.3 Å². The third-order valence-corrected chi connectivity index (χ3v) is 3.62. The fraction of sp³-hybridized carbons (Fsp3) is 0.500. The van der Waals surface area contributed by atoms with Crippen molar-refractivity contribution < 1.29 is 4.74 Å². The predicted octanol–water partition coefficient (Wildman–Crippen LogP) is 1.61. The quantitative estimate of drug-likeness (QED) is 0.389. The molecule has 1 aromatic heterocycles. The Bertz CT molecular complexity index is 626. The van der Waals surface area contributed by atoms with Gasteiger partial charge in [0.1, 0.15) is 12.2 Å². The van der Waals surface area contributed by atoms with Crippen LogP contribution in [-0.4, -0.2) is 47.0 Å². The number of ether oxygens (including phenoxy) is 1. The van der Waals surface area contributed by atoms with Crippen LogP contribution in [0.4, 0.5) is 0 Å². The zero-order valence-corrected chi connectivity index (χ0v) is 15.1. The minimum atomic E-state index is 0.594. The molecule has 0 amide bonds. The lowest BCUT2D eigenvalue weighted by atomic mass is 10.2. The first-order chi connectivity index (χ1) is 12.3. The molecule has 1 aromatic carbocycles.